The molecule has 2 nitrogen and oxygen atoms in total. The minimum atomic E-state index is 0.176. The number of hydrogen-bond acceptors (Lipinski definition) is 2. The van der Waals surface area contributed by atoms with E-state index in [0.717, 1.165) is 31.6 Å². The molecule has 1 aromatic carbocycles. The van der Waals surface area contributed by atoms with Crippen LogP contribution < -0.4 is 10.5 Å². The Hall–Kier alpha value is -1.02. The summed E-state index contributed by atoms with van der Waals surface area (Å²) in [6, 6.07) is 6.44. The van der Waals surface area contributed by atoms with E-state index in [2.05, 4.69) is 32.0 Å². The van der Waals surface area contributed by atoms with Crippen LogP contribution in [-0.4, -0.2) is 12.6 Å². The Labute approximate surface area is 98.8 Å². The van der Waals surface area contributed by atoms with Crippen LogP contribution in [0.3, 0.4) is 0 Å². The van der Waals surface area contributed by atoms with E-state index in [4.69, 9.17) is 10.5 Å². The van der Waals surface area contributed by atoms with E-state index in [9.17, 15) is 0 Å². The first-order valence-corrected chi connectivity index (χ1v) is 6.12. The van der Waals surface area contributed by atoms with Crippen molar-refractivity contribution in [2.24, 2.45) is 5.73 Å². The van der Waals surface area contributed by atoms with Crippen molar-refractivity contribution < 1.29 is 4.74 Å². The maximum atomic E-state index is 5.85. The number of hydrogen-bond donors (Lipinski definition) is 1. The van der Waals surface area contributed by atoms with Gasteiger partial charge in [-0.2, -0.15) is 0 Å². The molecule has 16 heavy (non-hydrogen) atoms. The third kappa shape index (κ3) is 3.86. The number of para-hydroxylation sites is 1. The predicted octanol–water partition coefficient (Wildman–Crippen LogP) is 3.06. The molecule has 1 aromatic rings. The summed E-state index contributed by atoms with van der Waals surface area (Å²) < 4.78 is 5.85. The first-order chi connectivity index (χ1) is 7.65. The molecule has 2 heteroatoms. The summed E-state index contributed by atoms with van der Waals surface area (Å²) in [5.41, 5.74) is 8.27. The summed E-state index contributed by atoms with van der Waals surface area (Å²) >= 11 is 0. The molecule has 0 spiro atoms. The van der Waals surface area contributed by atoms with Gasteiger partial charge in [0.25, 0.3) is 0 Å². The Morgan fingerprint density at radius 3 is 2.75 bits per heavy atom. The van der Waals surface area contributed by atoms with Gasteiger partial charge in [-0.1, -0.05) is 31.5 Å². The molecular formula is C14H23NO. The second-order valence-electron chi connectivity index (χ2n) is 4.45. The lowest BCUT2D eigenvalue weighted by atomic mass is 10.0. The molecule has 0 radical (unpaired) electrons. The summed E-state index contributed by atoms with van der Waals surface area (Å²) in [6.45, 7) is 7.08. The van der Waals surface area contributed by atoms with Crippen LogP contribution in [0.25, 0.3) is 0 Å². The highest BCUT2D eigenvalue weighted by atomic mass is 16.5. The van der Waals surface area contributed by atoms with Gasteiger partial charge in [-0.15, -0.1) is 0 Å². The van der Waals surface area contributed by atoms with Crippen LogP contribution in [0.4, 0.5) is 0 Å². The highest BCUT2D eigenvalue weighted by Crippen LogP contribution is 2.24. The Morgan fingerprint density at radius 2 is 2.12 bits per heavy atom. The minimum absolute atomic E-state index is 0.176. The molecule has 0 saturated carbocycles. The first-order valence-electron chi connectivity index (χ1n) is 6.12. The lowest BCUT2D eigenvalue weighted by molar-refractivity contribution is 0.303. The monoisotopic (exact) mass is 221 g/mol. The van der Waals surface area contributed by atoms with Crippen LogP contribution >= 0.6 is 0 Å². The summed E-state index contributed by atoms with van der Waals surface area (Å²) in [7, 11) is 0. The molecule has 90 valence electrons. The fraction of sp³-hybridized carbons (Fsp3) is 0.571. The molecule has 0 amide bonds. The number of ether oxygens (including phenoxy) is 1. The van der Waals surface area contributed by atoms with Crippen molar-refractivity contribution >= 4 is 0 Å². The van der Waals surface area contributed by atoms with Crippen molar-refractivity contribution in [1.82, 2.24) is 0 Å². The summed E-state index contributed by atoms with van der Waals surface area (Å²) in [5, 5.41) is 0. The number of aryl methyl sites for hydroxylation is 1. The van der Waals surface area contributed by atoms with Crippen LogP contribution in [0.2, 0.25) is 0 Å². The summed E-state index contributed by atoms with van der Waals surface area (Å²) in [6.07, 6.45) is 3.14. The highest BCUT2D eigenvalue weighted by Gasteiger charge is 2.08. The molecule has 0 aliphatic carbocycles. The zero-order valence-electron chi connectivity index (χ0n) is 10.6. The molecule has 1 atom stereocenters. The fourth-order valence-corrected chi connectivity index (χ4v) is 1.75. The van der Waals surface area contributed by atoms with Crippen molar-refractivity contribution in [3.8, 4) is 5.75 Å². The van der Waals surface area contributed by atoms with Gasteiger partial charge in [0.2, 0.25) is 0 Å². The van der Waals surface area contributed by atoms with Crippen molar-refractivity contribution in [2.75, 3.05) is 6.61 Å². The Balaban J connectivity index is 2.77. The lowest BCUT2D eigenvalue weighted by Crippen LogP contribution is -2.18. The van der Waals surface area contributed by atoms with Gasteiger partial charge < -0.3 is 10.5 Å². The van der Waals surface area contributed by atoms with Gasteiger partial charge in [0.05, 0.1) is 6.61 Å². The smallest absolute Gasteiger partial charge is 0.125 e. The Morgan fingerprint density at radius 1 is 1.38 bits per heavy atom. The molecule has 0 aliphatic rings. The van der Waals surface area contributed by atoms with Gasteiger partial charge in [0, 0.05) is 6.04 Å². The average Bonchev–Trinajstić information content (AvgIpc) is 2.21. The molecule has 0 fully saturated rings. The predicted molar refractivity (Wildman–Crippen MR) is 68.9 cm³/mol. The highest BCUT2D eigenvalue weighted by molar-refractivity contribution is 5.41. The third-order valence-electron chi connectivity index (χ3n) is 2.58. The van der Waals surface area contributed by atoms with Gasteiger partial charge in [-0.25, -0.2) is 0 Å². The standard InChI is InChI=1S/C14H23NO/c1-4-5-9-16-14-11(2)7-6-8-13(14)10-12(3)15/h6-8,12H,4-5,9-10,15H2,1-3H3. The first kappa shape index (κ1) is 13.0. The lowest BCUT2D eigenvalue weighted by Gasteiger charge is -2.15. The van der Waals surface area contributed by atoms with E-state index >= 15 is 0 Å². The molecule has 0 bridgehead atoms. The van der Waals surface area contributed by atoms with Gasteiger partial charge in [0.1, 0.15) is 5.75 Å². The normalized spacial score (nSPS) is 12.5. The molecule has 0 aliphatic heterocycles. The molecule has 0 heterocycles. The fourth-order valence-electron chi connectivity index (χ4n) is 1.75. The Kier molecular flexibility index (Phi) is 5.33. The second kappa shape index (κ2) is 6.54. The SMILES string of the molecule is CCCCOc1c(C)cccc1CC(C)N. The topological polar surface area (TPSA) is 35.2 Å². The minimum Gasteiger partial charge on any atom is -0.493 e. The van der Waals surface area contributed by atoms with Crippen LogP contribution in [0.5, 0.6) is 5.75 Å². The zero-order valence-corrected chi connectivity index (χ0v) is 10.6. The van der Waals surface area contributed by atoms with Crippen LogP contribution in [-0.2, 0) is 6.42 Å². The zero-order chi connectivity index (χ0) is 12.0. The van der Waals surface area contributed by atoms with Crippen molar-refractivity contribution in [3.63, 3.8) is 0 Å². The summed E-state index contributed by atoms with van der Waals surface area (Å²) in [5.74, 6) is 1.04. The number of unbranched alkanes of at least 4 members (excludes halogenated alkanes) is 1. The molecule has 1 rings (SSSR count). The van der Waals surface area contributed by atoms with E-state index < -0.39 is 0 Å². The maximum absolute atomic E-state index is 5.85. The number of rotatable bonds is 6. The molecular weight excluding hydrogens is 198 g/mol. The number of nitrogens with two attached hydrogens (primary N) is 1. The van der Waals surface area contributed by atoms with Gasteiger partial charge in [-0.05, 0) is 37.8 Å². The maximum Gasteiger partial charge on any atom is 0.125 e. The van der Waals surface area contributed by atoms with Crippen molar-refractivity contribution in [2.45, 2.75) is 46.1 Å². The van der Waals surface area contributed by atoms with E-state index in [-0.39, 0.29) is 6.04 Å². The van der Waals surface area contributed by atoms with E-state index in [1.807, 2.05) is 6.92 Å². The van der Waals surface area contributed by atoms with E-state index in [0.29, 0.717) is 0 Å². The second-order valence-corrected chi connectivity index (χ2v) is 4.45. The summed E-state index contributed by atoms with van der Waals surface area (Å²) in [4.78, 5) is 0. The van der Waals surface area contributed by atoms with Gasteiger partial charge >= 0.3 is 0 Å². The Bertz CT molecular complexity index is 321. The number of benzene rings is 1. The molecule has 0 aromatic heterocycles. The molecule has 1 unspecified atom stereocenters. The largest absolute Gasteiger partial charge is 0.493 e. The van der Waals surface area contributed by atoms with Crippen molar-refractivity contribution in [3.05, 3.63) is 29.3 Å². The molecule has 0 saturated heterocycles. The van der Waals surface area contributed by atoms with Gasteiger partial charge in [-0.3, -0.25) is 0 Å². The quantitative estimate of drug-likeness (QED) is 0.749. The van der Waals surface area contributed by atoms with Crippen LogP contribution in [0.15, 0.2) is 18.2 Å². The van der Waals surface area contributed by atoms with E-state index in [1.165, 1.54) is 11.1 Å². The average molecular weight is 221 g/mol. The van der Waals surface area contributed by atoms with Crippen molar-refractivity contribution in [1.29, 1.82) is 0 Å². The van der Waals surface area contributed by atoms with Crippen LogP contribution in [0.1, 0.15) is 37.8 Å². The molecule has 2 N–H and O–H groups in total. The van der Waals surface area contributed by atoms with Gasteiger partial charge in [0.15, 0.2) is 0 Å². The third-order valence-corrected chi connectivity index (χ3v) is 2.58. The van der Waals surface area contributed by atoms with Crippen LogP contribution in [0, 0.1) is 6.92 Å². The van der Waals surface area contributed by atoms with E-state index in [1.54, 1.807) is 0 Å².